The van der Waals surface area contributed by atoms with Crippen molar-refractivity contribution in [2.24, 2.45) is 23.7 Å². The first-order valence-electron chi connectivity index (χ1n) is 16.3. The number of hydrogen-bond acceptors (Lipinski definition) is 4. The molecule has 5 rings (SSSR count). The van der Waals surface area contributed by atoms with Crippen molar-refractivity contribution in [2.75, 3.05) is 0 Å². The molecule has 8 unspecified atom stereocenters. The second kappa shape index (κ2) is 14.4. The summed E-state index contributed by atoms with van der Waals surface area (Å²) in [5, 5.41) is 1.34. The third-order valence-corrected chi connectivity index (χ3v) is 15.1. The number of thiophene rings is 2. The first kappa shape index (κ1) is 31.0. The van der Waals surface area contributed by atoms with E-state index in [9.17, 15) is 0 Å². The van der Waals surface area contributed by atoms with Crippen LogP contribution in [0.15, 0.2) is 46.2 Å². The molecule has 2 aromatic rings. The molecule has 0 amide bonds. The quantitative estimate of drug-likeness (QED) is 0.208. The van der Waals surface area contributed by atoms with E-state index in [0.717, 1.165) is 11.8 Å². The molecular formula is C36H52S4. The molecule has 0 aromatic carbocycles. The molecule has 0 nitrogen and oxygen atoms in total. The fourth-order valence-corrected chi connectivity index (χ4v) is 13.5. The van der Waals surface area contributed by atoms with Crippen molar-refractivity contribution in [2.45, 2.75) is 128 Å². The summed E-state index contributed by atoms with van der Waals surface area (Å²) < 4.78 is 0. The average molecular weight is 613 g/mol. The number of thioether (sulfide) groups is 2. The van der Waals surface area contributed by atoms with Crippen molar-refractivity contribution in [3.05, 3.63) is 65.7 Å². The van der Waals surface area contributed by atoms with E-state index in [1.54, 1.807) is 29.3 Å². The smallest absolute Gasteiger partial charge is 0.0243 e. The maximum atomic E-state index is 2.68. The van der Waals surface area contributed by atoms with E-state index in [0.29, 0.717) is 34.2 Å². The maximum Gasteiger partial charge on any atom is 0.0243 e. The van der Waals surface area contributed by atoms with Gasteiger partial charge in [0.05, 0.1) is 0 Å². The van der Waals surface area contributed by atoms with Crippen molar-refractivity contribution in [3.63, 3.8) is 0 Å². The van der Waals surface area contributed by atoms with Crippen LogP contribution in [-0.2, 0) is 12.8 Å². The molecule has 1 fully saturated rings. The Morgan fingerprint density at radius 3 is 1.43 bits per heavy atom. The Bertz CT molecular complexity index is 1060. The summed E-state index contributed by atoms with van der Waals surface area (Å²) in [5.74, 6) is 4.27. The molecule has 1 saturated carbocycles. The van der Waals surface area contributed by atoms with E-state index in [1.165, 1.54) is 64.2 Å². The molecule has 2 aliphatic heterocycles. The van der Waals surface area contributed by atoms with Gasteiger partial charge >= 0.3 is 0 Å². The number of allylic oxidation sites excluding steroid dienone is 4. The zero-order chi connectivity index (χ0) is 28.2. The van der Waals surface area contributed by atoms with Gasteiger partial charge in [-0.2, -0.15) is 0 Å². The van der Waals surface area contributed by atoms with Gasteiger partial charge in [0, 0.05) is 41.8 Å². The molecule has 0 radical (unpaired) electrons. The number of rotatable bonds is 14. The first-order chi connectivity index (χ1) is 19.4. The Morgan fingerprint density at radius 2 is 1.05 bits per heavy atom. The summed E-state index contributed by atoms with van der Waals surface area (Å²) >= 11 is 8.73. The number of unbranched alkanes of at least 4 members (excludes halogenated alkanes) is 2. The van der Waals surface area contributed by atoms with Crippen LogP contribution in [0.5, 0.6) is 0 Å². The van der Waals surface area contributed by atoms with E-state index >= 15 is 0 Å². The standard InChI is InChI=1S/C36H52S4/c1-7-11-13-25(9-3)21-27-15-17-31(39-27)33-29-19-23(5)38-36(29)34(30-20-24(6)37-35(30)33)32-18-16-28(40-32)22-26(10-4)14-12-8-2/h15-20,25-26,29-30,33-36H,7-14,21-22H2,1-6H3. The molecule has 4 heteroatoms. The lowest BCUT2D eigenvalue weighted by molar-refractivity contribution is 0.303. The molecule has 8 atom stereocenters. The van der Waals surface area contributed by atoms with Crippen LogP contribution in [-0.4, -0.2) is 10.5 Å². The maximum absolute atomic E-state index is 2.68. The van der Waals surface area contributed by atoms with Crippen molar-refractivity contribution >= 4 is 46.2 Å². The lowest BCUT2D eigenvalue weighted by Crippen LogP contribution is -2.43. The first-order valence-corrected chi connectivity index (χ1v) is 19.7. The molecule has 0 N–H and O–H groups in total. The molecule has 4 heterocycles. The normalized spacial score (nSPS) is 29.1. The molecule has 220 valence electrons. The van der Waals surface area contributed by atoms with E-state index < -0.39 is 0 Å². The van der Waals surface area contributed by atoms with E-state index in [-0.39, 0.29) is 0 Å². The monoisotopic (exact) mass is 612 g/mol. The van der Waals surface area contributed by atoms with E-state index in [4.69, 9.17) is 0 Å². The molecule has 40 heavy (non-hydrogen) atoms. The van der Waals surface area contributed by atoms with Gasteiger partial charge in [0.2, 0.25) is 0 Å². The predicted octanol–water partition coefficient (Wildman–Crippen LogP) is 12.5. The summed E-state index contributed by atoms with van der Waals surface area (Å²) in [6, 6.07) is 10.1. The Morgan fingerprint density at radius 1 is 0.625 bits per heavy atom. The summed E-state index contributed by atoms with van der Waals surface area (Å²) in [6.45, 7) is 14.2. The van der Waals surface area contributed by atoms with E-state index in [2.05, 4.69) is 124 Å². The van der Waals surface area contributed by atoms with Crippen LogP contribution in [0.2, 0.25) is 0 Å². The van der Waals surface area contributed by atoms with Gasteiger partial charge in [-0.1, -0.05) is 91.2 Å². The average Bonchev–Trinajstić information content (AvgIpc) is 3.74. The van der Waals surface area contributed by atoms with Crippen LogP contribution in [0.25, 0.3) is 0 Å². The summed E-state index contributed by atoms with van der Waals surface area (Å²) in [4.78, 5) is 9.70. The second-order valence-corrected chi connectivity index (χ2v) is 18.0. The van der Waals surface area contributed by atoms with Gasteiger partial charge in [-0.25, -0.2) is 0 Å². The van der Waals surface area contributed by atoms with Gasteiger partial charge in [-0.05, 0) is 84.4 Å². The van der Waals surface area contributed by atoms with Crippen LogP contribution in [0.3, 0.4) is 0 Å². The third kappa shape index (κ3) is 6.87. The van der Waals surface area contributed by atoms with Gasteiger partial charge in [-0.3, -0.25) is 0 Å². The van der Waals surface area contributed by atoms with Gasteiger partial charge in [0.25, 0.3) is 0 Å². The van der Waals surface area contributed by atoms with Crippen molar-refractivity contribution < 1.29 is 0 Å². The molecule has 0 saturated heterocycles. The minimum atomic E-state index is 0.641. The Labute approximate surface area is 262 Å². The van der Waals surface area contributed by atoms with Gasteiger partial charge < -0.3 is 0 Å². The SMILES string of the molecule is CCCCC(CC)Cc1ccc(C2C3C=C(C)SC3C(c3ccc(CC(CC)CCCC)s3)C3C=C(C)SC32)s1. The fraction of sp³-hybridized carbons (Fsp3) is 0.667. The Kier molecular flexibility index (Phi) is 11.1. The van der Waals surface area contributed by atoms with Crippen molar-refractivity contribution in [3.8, 4) is 0 Å². The number of hydrogen-bond donors (Lipinski definition) is 0. The van der Waals surface area contributed by atoms with Crippen LogP contribution in [0.4, 0.5) is 0 Å². The highest BCUT2D eigenvalue weighted by molar-refractivity contribution is 8.04. The molecule has 3 aliphatic rings. The van der Waals surface area contributed by atoms with Crippen LogP contribution < -0.4 is 0 Å². The summed E-state index contributed by atoms with van der Waals surface area (Å²) in [7, 11) is 0. The highest BCUT2D eigenvalue weighted by atomic mass is 32.2. The minimum Gasteiger partial charge on any atom is -0.145 e. The van der Waals surface area contributed by atoms with Crippen LogP contribution >= 0.6 is 46.2 Å². The minimum absolute atomic E-state index is 0.641. The predicted molar refractivity (Wildman–Crippen MR) is 185 cm³/mol. The second-order valence-electron chi connectivity index (χ2n) is 12.8. The van der Waals surface area contributed by atoms with Crippen LogP contribution in [0, 0.1) is 23.7 Å². The topological polar surface area (TPSA) is 0 Å². The van der Waals surface area contributed by atoms with E-state index in [1.807, 2.05) is 0 Å². The van der Waals surface area contributed by atoms with Crippen LogP contribution in [0.1, 0.15) is 124 Å². The highest BCUT2D eigenvalue weighted by Crippen LogP contribution is 2.64. The zero-order valence-electron chi connectivity index (χ0n) is 25.8. The Hall–Kier alpha value is -0.420. The molecular weight excluding hydrogens is 561 g/mol. The van der Waals surface area contributed by atoms with Gasteiger partial charge in [0.1, 0.15) is 0 Å². The molecule has 2 aromatic heterocycles. The zero-order valence-corrected chi connectivity index (χ0v) is 29.1. The fourth-order valence-electron chi connectivity index (χ4n) is 7.60. The summed E-state index contributed by atoms with van der Waals surface area (Å²) in [6.07, 6.45) is 18.7. The lowest BCUT2D eigenvalue weighted by Gasteiger charge is -2.46. The lowest BCUT2D eigenvalue weighted by atomic mass is 9.66. The molecule has 0 spiro atoms. The van der Waals surface area contributed by atoms with Gasteiger partial charge in [0.15, 0.2) is 0 Å². The van der Waals surface area contributed by atoms with Gasteiger partial charge in [-0.15, -0.1) is 46.2 Å². The third-order valence-electron chi connectivity index (χ3n) is 9.88. The Balaban J connectivity index is 1.40. The largest absolute Gasteiger partial charge is 0.145 e. The van der Waals surface area contributed by atoms with Crippen molar-refractivity contribution in [1.82, 2.24) is 0 Å². The molecule has 1 aliphatic carbocycles. The molecule has 0 bridgehead atoms. The highest BCUT2D eigenvalue weighted by Gasteiger charge is 2.54. The summed E-state index contributed by atoms with van der Waals surface area (Å²) in [5.41, 5.74) is 0. The number of fused-ring (bicyclic) bond motifs is 2. The van der Waals surface area contributed by atoms with Crippen molar-refractivity contribution in [1.29, 1.82) is 0 Å².